The van der Waals surface area contributed by atoms with Gasteiger partial charge >= 0.3 is 12.1 Å². The van der Waals surface area contributed by atoms with Crippen LogP contribution in [-0.2, 0) is 9.53 Å². The Hall–Kier alpha value is -1.53. The van der Waals surface area contributed by atoms with Gasteiger partial charge in [0.15, 0.2) is 0 Å². The van der Waals surface area contributed by atoms with Crippen molar-refractivity contribution in [1.82, 2.24) is 4.90 Å². The molecule has 0 amide bonds. The Morgan fingerprint density at radius 3 is 2.46 bits per heavy atom. The van der Waals surface area contributed by atoms with Gasteiger partial charge in [-0.05, 0) is 55.6 Å². The first kappa shape index (κ1) is 18.8. The van der Waals surface area contributed by atoms with Crippen LogP contribution in [0, 0.1) is 5.92 Å². The fourth-order valence-electron chi connectivity index (χ4n) is 2.55. The lowest BCUT2D eigenvalue weighted by atomic mass is 9.98. The fourth-order valence-corrected chi connectivity index (χ4v) is 2.68. The molecular formula is C17H19ClF3NO2. The van der Waals surface area contributed by atoms with E-state index in [0.717, 1.165) is 5.56 Å². The molecule has 132 valence electrons. The summed E-state index contributed by atoms with van der Waals surface area (Å²) in [5, 5.41) is 0.617. The largest absolute Gasteiger partial charge is 0.462 e. The Kier molecular flexibility index (Phi) is 6.69. The second-order valence-corrected chi connectivity index (χ2v) is 6.29. The fraction of sp³-hybridized carbons (Fsp3) is 0.471. The van der Waals surface area contributed by atoms with Crippen molar-refractivity contribution in [2.75, 3.05) is 26.2 Å². The van der Waals surface area contributed by atoms with Gasteiger partial charge in [0.25, 0.3) is 0 Å². The maximum atomic E-state index is 12.3. The standard InChI is InChI=1S/C17H19ClF3NO2/c18-15-4-1-13(2-5-15)3-6-16(23)24-11-14-7-9-22(10-8-14)12-17(19,20)21/h1-6,14H,7-12H2/b6-3+. The molecule has 1 aromatic carbocycles. The molecule has 0 atom stereocenters. The molecule has 0 N–H and O–H groups in total. The van der Waals surface area contributed by atoms with Crippen LogP contribution in [-0.4, -0.2) is 43.3 Å². The van der Waals surface area contributed by atoms with Crippen LogP contribution in [0.5, 0.6) is 0 Å². The van der Waals surface area contributed by atoms with Gasteiger partial charge < -0.3 is 4.74 Å². The number of hydrogen-bond acceptors (Lipinski definition) is 3. The molecule has 1 fully saturated rings. The molecule has 1 aliphatic heterocycles. The van der Waals surface area contributed by atoms with Gasteiger partial charge in [-0.2, -0.15) is 13.2 Å². The van der Waals surface area contributed by atoms with Crippen molar-refractivity contribution in [1.29, 1.82) is 0 Å². The van der Waals surface area contributed by atoms with Crippen LogP contribution in [0.3, 0.4) is 0 Å². The summed E-state index contributed by atoms with van der Waals surface area (Å²) in [6, 6.07) is 7.01. The van der Waals surface area contributed by atoms with E-state index in [-0.39, 0.29) is 12.5 Å². The molecule has 0 spiro atoms. The van der Waals surface area contributed by atoms with E-state index in [0.29, 0.717) is 31.0 Å². The topological polar surface area (TPSA) is 29.5 Å². The minimum atomic E-state index is -4.16. The van der Waals surface area contributed by atoms with Crippen LogP contribution in [0.15, 0.2) is 30.3 Å². The van der Waals surface area contributed by atoms with Gasteiger partial charge in [0.1, 0.15) is 0 Å². The predicted octanol–water partition coefficient (Wildman–Crippen LogP) is 4.17. The van der Waals surface area contributed by atoms with E-state index >= 15 is 0 Å². The van der Waals surface area contributed by atoms with Crippen LogP contribution in [0.1, 0.15) is 18.4 Å². The number of carbonyl (C=O) groups excluding carboxylic acids is 1. The molecule has 2 rings (SSSR count). The lowest BCUT2D eigenvalue weighted by Gasteiger charge is -2.31. The average molecular weight is 362 g/mol. The number of piperidine rings is 1. The highest BCUT2D eigenvalue weighted by Crippen LogP contribution is 2.22. The minimum Gasteiger partial charge on any atom is -0.462 e. The van der Waals surface area contributed by atoms with Crippen molar-refractivity contribution in [3.05, 3.63) is 40.9 Å². The molecule has 0 aliphatic carbocycles. The molecule has 0 radical (unpaired) electrons. The van der Waals surface area contributed by atoms with Crippen molar-refractivity contribution < 1.29 is 22.7 Å². The number of alkyl halides is 3. The minimum absolute atomic E-state index is 0.113. The SMILES string of the molecule is O=C(/C=C/c1ccc(Cl)cc1)OCC1CCN(CC(F)(F)F)CC1. The summed E-state index contributed by atoms with van der Waals surface area (Å²) in [7, 11) is 0. The molecule has 1 aromatic rings. The molecule has 24 heavy (non-hydrogen) atoms. The number of benzene rings is 1. The maximum absolute atomic E-state index is 12.3. The van der Waals surface area contributed by atoms with Gasteiger partial charge in [0, 0.05) is 11.1 Å². The van der Waals surface area contributed by atoms with Crippen LogP contribution < -0.4 is 0 Å². The first-order valence-electron chi connectivity index (χ1n) is 7.71. The first-order valence-corrected chi connectivity index (χ1v) is 8.09. The number of rotatable bonds is 5. The molecular weight excluding hydrogens is 343 g/mol. The third-order valence-corrected chi connectivity index (χ3v) is 4.11. The van der Waals surface area contributed by atoms with Crippen LogP contribution in [0.25, 0.3) is 6.08 Å². The van der Waals surface area contributed by atoms with Gasteiger partial charge in [0.2, 0.25) is 0 Å². The predicted molar refractivity (Wildman–Crippen MR) is 86.7 cm³/mol. The van der Waals surface area contributed by atoms with Gasteiger partial charge in [0.05, 0.1) is 13.2 Å². The van der Waals surface area contributed by atoms with E-state index in [9.17, 15) is 18.0 Å². The highest BCUT2D eigenvalue weighted by Gasteiger charge is 2.32. The van der Waals surface area contributed by atoms with Crippen molar-refractivity contribution in [2.45, 2.75) is 19.0 Å². The Labute approximate surface area is 144 Å². The number of halogens is 4. The second-order valence-electron chi connectivity index (χ2n) is 5.85. The normalized spacial score (nSPS) is 17.3. The summed E-state index contributed by atoms with van der Waals surface area (Å²) >= 11 is 5.77. The number of ether oxygens (including phenoxy) is 1. The van der Waals surface area contributed by atoms with E-state index in [4.69, 9.17) is 16.3 Å². The second kappa shape index (κ2) is 8.53. The lowest BCUT2D eigenvalue weighted by Crippen LogP contribution is -2.40. The number of esters is 1. The summed E-state index contributed by atoms with van der Waals surface area (Å²) < 4.78 is 42.1. The van der Waals surface area contributed by atoms with E-state index in [1.807, 2.05) is 0 Å². The quantitative estimate of drug-likeness (QED) is 0.582. The molecule has 0 unspecified atom stereocenters. The van der Waals surface area contributed by atoms with Crippen LogP contribution in [0.2, 0.25) is 5.02 Å². The smallest absolute Gasteiger partial charge is 0.401 e. The Bertz CT molecular complexity index is 564. The van der Waals surface area contributed by atoms with Crippen molar-refractivity contribution in [3.63, 3.8) is 0 Å². The molecule has 1 heterocycles. The third-order valence-electron chi connectivity index (χ3n) is 3.85. The Morgan fingerprint density at radius 1 is 1.25 bits per heavy atom. The number of nitrogens with zero attached hydrogens (tertiary/aromatic N) is 1. The zero-order valence-electron chi connectivity index (χ0n) is 13.1. The van der Waals surface area contributed by atoms with Crippen molar-refractivity contribution in [2.24, 2.45) is 5.92 Å². The summed E-state index contributed by atoms with van der Waals surface area (Å²) in [6.45, 7) is 0.123. The highest BCUT2D eigenvalue weighted by molar-refractivity contribution is 6.30. The zero-order valence-corrected chi connectivity index (χ0v) is 13.8. The molecule has 0 aromatic heterocycles. The lowest BCUT2D eigenvalue weighted by molar-refractivity contribution is -0.149. The number of carbonyl (C=O) groups is 1. The molecule has 0 bridgehead atoms. The van der Waals surface area contributed by atoms with Gasteiger partial charge in [-0.25, -0.2) is 4.79 Å². The van der Waals surface area contributed by atoms with E-state index < -0.39 is 18.7 Å². The van der Waals surface area contributed by atoms with E-state index in [1.165, 1.54) is 11.0 Å². The summed E-state index contributed by atoms with van der Waals surface area (Å²) in [5.41, 5.74) is 0.830. The van der Waals surface area contributed by atoms with Crippen molar-refractivity contribution >= 4 is 23.6 Å². The summed E-state index contributed by atoms with van der Waals surface area (Å²) in [6.07, 6.45) is 0.00685. The van der Waals surface area contributed by atoms with E-state index in [1.54, 1.807) is 30.3 Å². The average Bonchev–Trinajstić information content (AvgIpc) is 2.52. The molecule has 1 aliphatic rings. The molecule has 0 saturated carbocycles. The Balaban J connectivity index is 1.68. The van der Waals surface area contributed by atoms with Crippen molar-refractivity contribution in [3.8, 4) is 0 Å². The summed E-state index contributed by atoms with van der Waals surface area (Å²) in [4.78, 5) is 13.1. The molecule has 7 heteroatoms. The molecule has 1 saturated heterocycles. The van der Waals surface area contributed by atoms with Crippen LogP contribution >= 0.6 is 11.6 Å². The third kappa shape index (κ3) is 6.93. The summed E-state index contributed by atoms with van der Waals surface area (Å²) in [5.74, 6) is -0.343. The maximum Gasteiger partial charge on any atom is 0.401 e. The number of likely N-dealkylation sites (tertiary alicyclic amines) is 1. The van der Waals surface area contributed by atoms with Gasteiger partial charge in [-0.3, -0.25) is 4.90 Å². The van der Waals surface area contributed by atoms with Gasteiger partial charge in [-0.1, -0.05) is 23.7 Å². The highest BCUT2D eigenvalue weighted by atomic mass is 35.5. The van der Waals surface area contributed by atoms with Crippen LogP contribution in [0.4, 0.5) is 13.2 Å². The zero-order chi connectivity index (χ0) is 17.6. The first-order chi connectivity index (χ1) is 11.3. The van der Waals surface area contributed by atoms with E-state index in [2.05, 4.69) is 0 Å². The van der Waals surface area contributed by atoms with Gasteiger partial charge in [-0.15, -0.1) is 0 Å². The number of hydrogen-bond donors (Lipinski definition) is 0. The monoisotopic (exact) mass is 361 g/mol. The molecule has 3 nitrogen and oxygen atoms in total. The Morgan fingerprint density at radius 2 is 1.88 bits per heavy atom.